The van der Waals surface area contributed by atoms with Crippen LogP contribution in [0.2, 0.25) is 0 Å². The molecule has 8 heteroatoms. The number of ether oxygens (including phenoxy) is 1. The third-order valence-electron chi connectivity index (χ3n) is 4.88. The largest absolute Gasteiger partial charge is 0.448 e. The number of hydrogen-bond donors (Lipinski definition) is 3. The Hall–Kier alpha value is -2.87. The topological polar surface area (TPSA) is 104 Å². The number of aromatic amines is 2. The van der Waals surface area contributed by atoms with Gasteiger partial charge >= 0.3 is 11.7 Å². The Morgan fingerprint density at radius 2 is 1.89 bits per heavy atom. The van der Waals surface area contributed by atoms with E-state index in [1.54, 1.807) is 25.1 Å². The van der Waals surface area contributed by atoms with Crippen molar-refractivity contribution in [3.05, 3.63) is 50.1 Å². The van der Waals surface area contributed by atoms with E-state index in [1.807, 2.05) is 6.07 Å². The molecule has 1 aliphatic carbocycles. The van der Waals surface area contributed by atoms with Crippen LogP contribution in [0.5, 0.6) is 0 Å². The fourth-order valence-electron chi connectivity index (χ4n) is 3.39. The molecule has 3 aromatic rings. The Morgan fingerprint density at radius 1 is 1.11 bits per heavy atom. The highest BCUT2D eigenvalue weighted by Crippen LogP contribution is 2.29. The van der Waals surface area contributed by atoms with E-state index in [-0.39, 0.29) is 5.69 Å². The highest BCUT2D eigenvalue weighted by atomic mass is 32.1. The molecule has 1 amide bonds. The Balaban J connectivity index is 1.40. The molecule has 3 N–H and O–H groups in total. The molecule has 1 aromatic carbocycles. The number of thiophene rings is 1. The Morgan fingerprint density at radius 3 is 2.75 bits per heavy atom. The van der Waals surface area contributed by atoms with Gasteiger partial charge in [-0.2, -0.15) is 0 Å². The molecule has 0 radical (unpaired) electrons. The molecule has 2 aromatic heterocycles. The van der Waals surface area contributed by atoms with Crippen LogP contribution in [0, 0.1) is 0 Å². The van der Waals surface area contributed by atoms with E-state index in [2.05, 4.69) is 15.3 Å². The van der Waals surface area contributed by atoms with Gasteiger partial charge in [-0.1, -0.05) is 6.42 Å². The van der Waals surface area contributed by atoms with Crippen LogP contribution in [-0.2, 0) is 22.4 Å². The number of anilines is 1. The summed E-state index contributed by atoms with van der Waals surface area (Å²) in [4.78, 5) is 43.3. The normalized spacial score (nSPS) is 14.9. The molecule has 0 saturated heterocycles. The Labute approximate surface area is 165 Å². The van der Waals surface area contributed by atoms with Crippen LogP contribution in [0.3, 0.4) is 0 Å². The van der Waals surface area contributed by atoms with Crippen molar-refractivity contribution in [2.75, 3.05) is 5.32 Å². The van der Waals surface area contributed by atoms with Gasteiger partial charge in [-0.05, 0) is 62.4 Å². The maximum Gasteiger partial charge on any atom is 0.349 e. The van der Waals surface area contributed by atoms with Gasteiger partial charge in [0, 0.05) is 10.6 Å². The number of nitrogens with one attached hydrogen (secondary N) is 3. The zero-order valence-electron chi connectivity index (χ0n) is 15.5. The molecular weight excluding hydrogens is 378 g/mol. The van der Waals surface area contributed by atoms with Gasteiger partial charge in [-0.25, -0.2) is 9.59 Å². The van der Waals surface area contributed by atoms with Crippen molar-refractivity contribution in [2.45, 2.75) is 45.1 Å². The summed E-state index contributed by atoms with van der Waals surface area (Å²) < 4.78 is 5.37. The predicted molar refractivity (Wildman–Crippen MR) is 108 cm³/mol. The number of aromatic nitrogens is 2. The lowest BCUT2D eigenvalue weighted by atomic mass is 10.1. The fourth-order valence-corrected chi connectivity index (χ4v) is 4.53. The van der Waals surface area contributed by atoms with Gasteiger partial charge in [0.1, 0.15) is 4.88 Å². The predicted octanol–water partition coefficient (Wildman–Crippen LogP) is 3.37. The van der Waals surface area contributed by atoms with Crippen LogP contribution in [0.25, 0.3) is 11.0 Å². The summed E-state index contributed by atoms with van der Waals surface area (Å²) in [5.74, 6) is -0.894. The lowest BCUT2D eigenvalue weighted by Gasteiger charge is -2.13. The van der Waals surface area contributed by atoms with Crippen molar-refractivity contribution in [1.82, 2.24) is 9.97 Å². The number of hydrogen-bond acceptors (Lipinski definition) is 5. The molecule has 0 fully saturated rings. The molecule has 0 aliphatic heterocycles. The van der Waals surface area contributed by atoms with Crippen molar-refractivity contribution in [3.8, 4) is 0 Å². The van der Waals surface area contributed by atoms with Crippen LogP contribution >= 0.6 is 11.3 Å². The van der Waals surface area contributed by atoms with Crippen molar-refractivity contribution in [1.29, 1.82) is 0 Å². The summed E-state index contributed by atoms with van der Waals surface area (Å²) in [6, 6.07) is 6.93. The van der Waals surface area contributed by atoms with E-state index in [9.17, 15) is 14.4 Å². The van der Waals surface area contributed by atoms with Crippen LogP contribution in [0.4, 0.5) is 5.69 Å². The average Bonchev–Trinajstić information content (AvgIpc) is 3.17. The molecule has 1 atom stereocenters. The summed E-state index contributed by atoms with van der Waals surface area (Å²) >= 11 is 1.47. The van der Waals surface area contributed by atoms with E-state index in [4.69, 9.17) is 4.74 Å². The van der Waals surface area contributed by atoms with Gasteiger partial charge in [0.2, 0.25) is 0 Å². The van der Waals surface area contributed by atoms with Gasteiger partial charge in [0.25, 0.3) is 5.91 Å². The molecular formula is C20H21N3O4S. The molecule has 2 heterocycles. The van der Waals surface area contributed by atoms with Crippen LogP contribution in [0.15, 0.2) is 29.1 Å². The minimum absolute atomic E-state index is 0.310. The number of imidazole rings is 1. The zero-order valence-corrected chi connectivity index (χ0v) is 16.3. The van der Waals surface area contributed by atoms with E-state index in [0.717, 1.165) is 25.7 Å². The molecule has 0 spiro atoms. The maximum atomic E-state index is 12.5. The first-order chi connectivity index (χ1) is 13.5. The third-order valence-corrected chi connectivity index (χ3v) is 6.10. The highest BCUT2D eigenvalue weighted by Gasteiger charge is 2.22. The Kier molecular flexibility index (Phi) is 5.04. The van der Waals surface area contributed by atoms with Crippen molar-refractivity contribution in [2.24, 2.45) is 0 Å². The van der Waals surface area contributed by atoms with Crippen molar-refractivity contribution in [3.63, 3.8) is 0 Å². The van der Waals surface area contributed by atoms with Crippen LogP contribution in [0.1, 0.15) is 46.3 Å². The monoisotopic (exact) mass is 399 g/mol. The molecule has 1 aliphatic rings. The van der Waals surface area contributed by atoms with E-state index in [1.165, 1.54) is 28.2 Å². The van der Waals surface area contributed by atoms with Crippen LogP contribution in [-0.4, -0.2) is 27.9 Å². The number of rotatable bonds is 4. The number of fused-ring (bicyclic) bond motifs is 2. The highest BCUT2D eigenvalue weighted by molar-refractivity contribution is 7.14. The molecule has 0 bridgehead atoms. The second kappa shape index (κ2) is 7.63. The summed E-state index contributed by atoms with van der Waals surface area (Å²) in [6.07, 6.45) is 4.59. The van der Waals surface area contributed by atoms with Crippen LogP contribution < -0.4 is 11.0 Å². The summed E-state index contributed by atoms with van der Waals surface area (Å²) in [5.41, 5.74) is 2.68. The van der Waals surface area contributed by atoms with Gasteiger partial charge in [-0.3, -0.25) is 4.79 Å². The summed E-state index contributed by atoms with van der Waals surface area (Å²) in [5, 5.41) is 2.71. The summed E-state index contributed by atoms with van der Waals surface area (Å²) in [6.45, 7) is 1.54. The SMILES string of the molecule is C[C@H](OC(=O)c1cc2c(s1)CCCCC2)C(=O)Nc1ccc2[nH]c(=O)[nH]c2c1. The molecule has 7 nitrogen and oxygen atoms in total. The van der Waals surface area contributed by atoms with Gasteiger partial charge in [0.05, 0.1) is 11.0 Å². The minimum Gasteiger partial charge on any atom is -0.448 e. The maximum absolute atomic E-state index is 12.5. The number of carbonyl (C=O) groups is 2. The number of H-pyrrole nitrogens is 2. The third kappa shape index (κ3) is 3.87. The quantitative estimate of drug-likeness (QED) is 0.462. The van der Waals surface area contributed by atoms with Gasteiger partial charge in [0.15, 0.2) is 6.10 Å². The summed E-state index contributed by atoms with van der Waals surface area (Å²) in [7, 11) is 0. The first-order valence-corrected chi connectivity index (χ1v) is 10.2. The van der Waals surface area contributed by atoms with E-state index in [0.29, 0.717) is 21.6 Å². The second-order valence-electron chi connectivity index (χ2n) is 7.00. The fraction of sp³-hybridized carbons (Fsp3) is 0.350. The second-order valence-corrected chi connectivity index (χ2v) is 8.13. The molecule has 0 unspecified atom stereocenters. The van der Waals surface area contributed by atoms with E-state index >= 15 is 0 Å². The van der Waals surface area contributed by atoms with Crippen molar-refractivity contribution < 1.29 is 14.3 Å². The molecule has 0 saturated carbocycles. The minimum atomic E-state index is -0.935. The van der Waals surface area contributed by atoms with Crippen molar-refractivity contribution >= 4 is 39.9 Å². The molecule has 146 valence electrons. The van der Waals surface area contributed by atoms with Gasteiger partial charge < -0.3 is 20.0 Å². The molecule has 28 heavy (non-hydrogen) atoms. The molecule has 4 rings (SSSR count). The lowest BCUT2D eigenvalue weighted by Crippen LogP contribution is -2.29. The smallest absolute Gasteiger partial charge is 0.349 e. The zero-order chi connectivity index (χ0) is 19.7. The number of benzene rings is 1. The number of amides is 1. The van der Waals surface area contributed by atoms with E-state index < -0.39 is 18.0 Å². The van der Waals surface area contributed by atoms with Gasteiger partial charge in [-0.15, -0.1) is 11.3 Å². The lowest BCUT2D eigenvalue weighted by molar-refractivity contribution is -0.123. The number of esters is 1. The first kappa shape index (κ1) is 18.5. The number of aryl methyl sites for hydroxylation is 2. The standard InChI is InChI=1S/C20H21N3O4S/c1-11(18(24)21-13-7-8-14-15(10-13)23-20(26)22-14)27-19(25)17-9-12-5-3-2-4-6-16(12)28-17/h7-11H,2-6H2,1H3,(H,21,24)(H2,22,23,26)/t11-/m0/s1. The average molecular weight is 399 g/mol. The first-order valence-electron chi connectivity index (χ1n) is 9.35. The Bertz CT molecular complexity index is 1070. The number of carbonyl (C=O) groups excluding carboxylic acids is 2.